The Kier molecular flexibility index (Phi) is 8.76. The van der Waals surface area contributed by atoms with Gasteiger partial charge in [0.2, 0.25) is 0 Å². The molecule has 1 N–H and O–H groups in total. The molecular weight excluding hydrogens is 542 g/mol. The van der Waals surface area contributed by atoms with Gasteiger partial charge in [-0.2, -0.15) is 0 Å². The number of aryl methyl sites for hydroxylation is 2. The van der Waals surface area contributed by atoms with Crippen molar-refractivity contribution in [1.29, 1.82) is 0 Å². The van der Waals surface area contributed by atoms with Crippen LogP contribution in [0.2, 0.25) is 0 Å². The zero-order valence-corrected chi connectivity index (χ0v) is 24.9. The zero-order chi connectivity index (χ0) is 29.6. The molecule has 0 radical (unpaired) electrons. The van der Waals surface area contributed by atoms with Crippen LogP contribution in [0.15, 0.2) is 67.1 Å². The summed E-state index contributed by atoms with van der Waals surface area (Å²) >= 11 is 0. The van der Waals surface area contributed by atoms with E-state index in [2.05, 4.69) is 62.5 Å². The number of hydrogen-bond donors (Lipinski definition) is 1. The number of morpholine rings is 1. The Morgan fingerprint density at radius 2 is 1.79 bits per heavy atom. The Morgan fingerprint density at radius 3 is 2.60 bits per heavy atom. The van der Waals surface area contributed by atoms with Crippen molar-refractivity contribution in [2.24, 2.45) is 0 Å². The van der Waals surface area contributed by atoms with Crippen LogP contribution in [-0.4, -0.2) is 76.4 Å². The predicted molar refractivity (Wildman–Crippen MR) is 167 cm³/mol. The van der Waals surface area contributed by atoms with E-state index in [-0.39, 0.29) is 0 Å². The number of anilines is 2. The molecule has 6 rings (SSSR count). The molecule has 0 bridgehead atoms. The second-order valence-corrected chi connectivity index (χ2v) is 10.9. The minimum absolute atomic E-state index is 0.585. The molecule has 3 heterocycles. The van der Waals surface area contributed by atoms with E-state index in [4.69, 9.17) is 14.2 Å². The average Bonchev–Trinajstić information content (AvgIpc) is 3.48. The van der Waals surface area contributed by atoms with E-state index in [1.807, 2.05) is 47.3 Å². The molecule has 10 nitrogen and oxygen atoms in total. The summed E-state index contributed by atoms with van der Waals surface area (Å²) in [5.41, 5.74) is 7.10. The van der Waals surface area contributed by atoms with Gasteiger partial charge >= 0.3 is 0 Å². The standard InChI is InChI=1S/C33H37N7O3/c1-23-14-24(2)16-25(15-23)20-40-21-30(37-38-40)26-6-4-7-27(17-26)36-33-28-18-32(31(41-3)19-29(28)34-22-35-33)43-11-5-8-39-9-12-42-13-10-39/h4,6-7,14-19,21-22H,5,8-13,20H2,1-3H3,(H,34,35,36). The maximum atomic E-state index is 6.18. The molecule has 1 fully saturated rings. The highest BCUT2D eigenvalue weighted by molar-refractivity contribution is 5.93. The van der Waals surface area contributed by atoms with Crippen molar-refractivity contribution in [3.05, 3.63) is 83.8 Å². The van der Waals surface area contributed by atoms with Crippen molar-refractivity contribution < 1.29 is 14.2 Å². The lowest BCUT2D eigenvalue weighted by Gasteiger charge is -2.26. The van der Waals surface area contributed by atoms with Gasteiger partial charge in [0.05, 0.1) is 45.2 Å². The Labute approximate surface area is 251 Å². The molecule has 1 aliphatic rings. The van der Waals surface area contributed by atoms with Crippen LogP contribution < -0.4 is 14.8 Å². The average molecular weight is 580 g/mol. The lowest BCUT2D eigenvalue weighted by Crippen LogP contribution is -2.37. The predicted octanol–water partition coefficient (Wildman–Crippen LogP) is 5.41. The summed E-state index contributed by atoms with van der Waals surface area (Å²) in [5, 5.41) is 13.1. The van der Waals surface area contributed by atoms with Crippen molar-refractivity contribution in [2.45, 2.75) is 26.8 Å². The molecule has 0 saturated carbocycles. The minimum atomic E-state index is 0.585. The molecule has 2 aromatic heterocycles. The summed E-state index contributed by atoms with van der Waals surface area (Å²) in [6.07, 6.45) is 4.45. The highest BCUT2D eigenvalue weighted by atomic mass is 16.5. The molecule has 0 aliphatic carbocycles. The maximum Gasteiger partial charge on any atom is 0.162 e. The van der Waals surface area contributed by atoms with Crippen LogP contribution >= 0.6 is 0 Å². The SMILES string of the molecule is COc1cc2ncnc(Nc3cccc(-c4cn(Cc5cc(C)cc(C)c5)nn4)c3)c2cc1OCCCN1CCOCC1. The summed E-state index contributed by atoms with van der Waals surface area (Å²) in [7, 11) is 1.64. The highest BCUT2D eigenvalue weighted by Crippen LogP contribution is 2.35. The second-order valence-electron chi connectivity index (χ2n) is 10.9. The first-order valence-electron chi connectivity index (χ1n) is 14.6. The van der Waals surface area contributed by atoms with Gasteiger partial charge in [-0.25, -0.2) is 14.6 Å². The fraction of sp³-hybridized carbons (Fsp3) is 0.333. The van der Waals surface area contributed by atoms with Gasteiger partial charge in [-0.05, 0) is 44.0 Å². The van der Waals surface area contributed by atoms with Gasteiger partial charge in [-0.15, -0.1) is 5.10 Å². The van der Waals surface area contributed by atoms with Gasteiger partial charge in [0.1, 0.15) is 17.8 Å². The number of fused-ring (bicyclic) bond motifs is 1. The van der Waals surface area contributed by atoms with E-state index in [1.165, 1.54) is 16.7 Å². The largest absolute Gasteiger partial charge is 0.493 e. The highest BCUT2D eigenvalue weighted by Gasteiger charge is 2.14. The van der Waals surface area contributed by atoms with Gasteiger partial charge in [-0.3, -0.25) is 4.90 Å². The number of methoxy groups -OCH3 is 1. The van der Waals surface area contributed by atoms with Crippen LogP contribution in [0.1, 0.15) is 23.1 Å². The number of nitrogens with zero attached hydrogens (tertiary/aromatic N) is 6. The Bertz CT molecular complexity index is 1680. The van der Waals surface area contributed by atoms with Crippen molar-refractivity contribution in [3.8, 4) is 22.8 Å². The van der Waals surface area contributed by atoms with Gasteiger partial charge in [0.15, 0.2) is 11.5 Å². The van der Waals surface area contributed by atoms with Crippen LogP contribution in [0.5, 0.6) is 11.5 Å². The fourth-order valence-electron chi connectivity index (χ4n) is 5.48. The van der Waals surface area contributed by atoms with E-state index in [0.717, 1.165) is 67.1 Å². The van der Waals surface area contributed by atoms with Gasteiger partial charge in [0.25, 0.3) is 0 Å². The molecule has 43 heavy (non-hydrogen) atoms. The molecule has 10 heteroatoms. The first-order chi connectivity index (χ1) is 21.0. The van der Waals surface area contributed by atoms with E-state index >= 15 is 0 Å². The molecule has 222 valence electrons. The summed E-state index contributed by atoms with van der Waals surface area (Å²) < 4.78 is 19.1. The number of hydrogen-bond acceptors (Lipinski definition) is 9. The van der Waals surface area contributed by atoms with E-state index < -0.39 is 0 Å². The number of aromatic nitrogens is 5. The van der Waals surface area contributed by atoms with E-state index in [0.29, 0.717) is 30.5 Å². The molecule has 0 atom stereocenters. The van der Waals surface area contributed by atoms with Crippen LogP contribution in [-0.2, 0) is 11.3 Å². The number of benzene rings is 3. The lowest BCUT2D eigenvalue weighted by atomic mass is 10.1. The Hall–Kier alpha value is -4.54. The molecule has 0 amide bonds. The number of rotatable bonds is 11. The monoisotopic (exact) mass is 579 g/mol. The molecule has 1 aliphatic heterocycles. The lowest BCUT2D eigenvalue weighted by molar-refractivity contribution is 0.0357. The summed E-state index contributed by atoms with van der Waals surface area (Å²) in [6, 6.07) is 18.5. The molecule has 1 saturated heterocycles. The van der Waals surface area contributed by atoms with Crippen LogP contribution in [0, 0.1) is 13.8 Å². The molecule has 0 spiro atoms. The smallest absolute Gasteiger partial charge is 0.162 e. The minimum Gasteiger partial charge on any atom is -0.493 e. The molecular formula is C33H37N7O3. The summed E-state index contributed by atoms with van der Waals surface area (Å²) in [5.74, 6) is 2.00. The topological polar surface area (TPSA) is 99.5 Å². The van der Waals surface area contributed by atoms with E-state index in [1.54, 1.807) is 13.4 Å². The molecule has 0 unspecified atom stereocenters. The number of ether oxygens (including phenoxy) is 3. The summed E-state index contributed by atoms with van der Waals surface area (Å²) in [6.45, 7) is 9.99. The van der Waals surface area contributed by atoms with E-state index in [9.17, 15) is 0 Å². The van der Waals surface area contributed by atoms with Gasteiger partial charge < -0.3 is 19.5 Å². The first-order valence-corrected chi connectivity index (χ1v) is 14.6. The maximum absolute atomic E-state index is 6.18. The van der Waals surface area contributed by atoms with Crippen LogP contribution in [0.4, 0.5) is 11.5 Å². The van der Waals surface area contributed by atoms with Crippen molar-refractivity contribution >= 4 is 22.4 Å². The quantitative estimate of drug-likeness (QED) is 0.206. The molecule has 3 aromatic carbocycles. The van der Waals surface area contributed by atoms with Gasteiger partial charge in [0, 0.05) is 42.3 Å². The third kappa shape index (κ3) is 7.10. The summed E-state index contributed by atoms with van der Waals surface area (Å²) in [4.78, 5) is 11.4. The van der Waals surface area contributed by atoms with Crippen LogP contribution in [0.25, 0.3) is 22.2 Å². The zero-order valence-electron chi connectivity index (χ0n) is 24.9. The van der Waals surface area contributed by atoms with Crippen molar-refractivity contribution in [1.82, 2.24) is 29.9 Å². The third-order valence-corrected chi connectivity index (χ3v) is 7.49. The van der Waals surface area contributed by atoms with Crippen molar-refractivity contribution in [2.75, 3.05) is 51.9 Å². The third-order valence-electron chi connectivity index (χ3n) is 7.49. The first kappa shape index (κ1) is 28.6. The van der Waals surface area contributed by atoms with Crippen molar-refractivity contribution in [3.63, 3.8) is 0 Å². The Balaban J connectivity index is 1.17. The second kappa shape index (κ2) is 13.2. The number of nitrogens with one attached hydrogen (secondary N) is 1. The normalized spacial score (nSPS) is 13.7. The molecule has 5 aromatic rings. The fourth-order valence-corrected chi connectivity index (χ4v) is 5.48. The Morgan fingerprint density at radius 1 is 0.953 bits per heavy atom. The van der Waals surface area contributed by atoms with Crippen LogP contribution in [0.3, 0.4) is 0 Å². The van der Waals surface area contributed by atoms with Gasteiger partial charge in [-0.1, -0.05) is 46.7 Å².